The highest BCUT2D eigenvalue weighted by Crippen LogP contribution is 1.99. The fourth-order valence-electron chi connectivity index (χ4n) is 0.612. The number of rotatable bonds is 5. The van der Waals surface area contributed by atoms with Gasteiger partial charge in [0.1, 0.15) is 5.52 Å². The maximum absolute atomic E-state index is 10.7. The number of hydrogen-bond acceptors (Lipinski definition) is 4. The fourth-order valence-corrected chi connectivity index (χ4v) is 0.867. The molecule has 0 bridgehead atoms. The van der Waals surface area contributed by atoms with E-state index in [2.05, 4.69) is 25.4 Å². The Labute approximate surface area is 79.3 Å². The van der Waals surface area contributed by atoms with Gasteiger partial charge >= 0.3 is 11.9 Å². The van der Waals surface area contributed by atoms with Crippen LogP contribution < -0.4 is 0 Å². The molecule has 0 aliphatic carbocycles. The first-order chi connectivity index (χ1) is 5.70. The van der Waals surface area contributed by atoms with Gasteiger partial charge in [-0.25, -0.2) is 0 Å². The minimum atomic E-state index is -0.309. The number of esters is 2. The lowest BCUT2D eigenvalue weighted by Crippen LogP contribution is -2.05. The zero-order valence-corrected chi connectivity index (χ0v) is 8.43. The molecule has 0 aromatic carbocycles. The van der Waals surface area contributed by atoms with Gasteiger partial charge in [-0.3, -0.25) is 9.59 Å². The Morgan fingerprint density at radius 2 is 1.83 bits per heavy atom. The van der Waals surface area contributed by atoms with Crippen molar-refractivity contribution >= 4 is 27.9 Å². The monoisotopic (exact) mass is 238 g/mol. The molecule has 0 aliphatic heterocycles. The molecule has 5 heteroatoms. The Hall–Kier alpha value is -0.580. The van der Waals surface area contributed by atoms with Gasteiger partial charge in [0.2, 0.25) is 0 Å². The Kier molecular flexibility index (Phi) is 6.75. The molecular formula is C7H11BrO4. The molecule has 0 atom stereocenters. The van der Waals surface area contributed by atoms with Crippen LogP contribution >= 0.6 is 15.9 Å². The van der Waals surface area contributed by atoms with Crippen molar-refractivity contribution in [1.29, 1.82) is 0 Å². The Bertz CT molecular complexity index is 157. The minimum Gasteiger partial charge on any atom is -0.469 e. The first-order valence-electron chi connectivity index (χ1n) is 3.49. The van der Waals surface area contributed by atoms with Crippen molar-refractivity contribution in [2.45, 2.75) is 19.3 Å². The maximum Gasteiger partial charge on any atom is 0.306 e. The smallest absolute Gasteiger partial charge is 0.306 e. The average Bonchev–Trinajstić information content (AvgIpc) is 2.04. The predicted octanol–water partition coefficient (Wildman–Crippen LogP) is 1.23. The summed E-state index contributed by atoms with van der Waals surface area (Å²) in [4.78, 5) is 21.3. The van der Waals surface area contributed by atoms with E-state index in [0.717, 1.165) is 0 Å². The van der Waals surface area contributed by atoms with Crippen LogP contribution in [0, 0.1) is 0 Å². The number of halogens is 1. The molecule has 0 saturated heterocycles. The molecule has 0 saturated carbocycles. The summed E-state index contributed by atoms with van der Waals surface area (Å²) in [6.45, 7) is 0. The third kappa shape index (κ3) is 6.15. The van der Waals surface area contributed by atoms with E-state index in [1.807, 2.05) is 0 Å². The summed E-state index contributed by atoms with van der Waals surface area (Å²) >= 11 is 2.95. The van der Waals surface area contributed by atoms with E-state index in [0.29, 0.717) is 6.42 Å². The molecule has 12 heavy (non-hydrogen) atoms. The van der Waals surface area contributed by atoms with Crippen molar-refractivity contribution in [3.8, 4) is 0 Å². The van der Waals surface area contributed by atoms with Crippen molar-refractivity contribution in [3.05, 3.63) is 0 Å². The molecule has 0 aromatic rings. The maximum atomic E-state index is 10.7. The van der Waals surface area contributed by atoms with Gasteiger partial charge in [-0.05, 0) is 22.4 Å². The molecule has 0 N–H and O–H groups in total. The van der Waals surface area contributed by atoms with Gasteiger partial charge in [0.25, 0.3) is 0 Å². The van der Waals surface area contributed by atoms with Crippen LogP contribution in [0.15, 0.2) is 0 Å². The molecule has 0 rings (SSSR count). The number of methoxy groups -OCH3 is 1. The Morgan fingerprint density at radius 1 is 1.25 bits per heavy atom. The van der Waals surface area contributed by atoms with Crippen LogP contribution in [-0.2, 0) is 19.1 Å². The van der Waals surface area contributed by atoms with Crippen LogP contribution in [-0.4, -0.2) is 24.6 Å². The number of hydrogen-bond donors (Lipinski definition) is 0. The van der Waals surface area contributed by atoms with Crippen molar-refractivity contribution in [3.63, 3.8) is 0 Å². The van der Waals surface area contributed by atoms with Crippen molar-refractivity contribution in [2.24, 2.45) is 0 Å². The zero-order chi connectivity index (χ0) is 9.40. The normalized spacial score (nSPS) is 9.17. The molecule has 0 heterocycles. The standard InChI is InChI=1S/C7H11BrO4/c1-11-6(9)3-2-4-7(10)12-5-8/h2-5H2,1H3. The quantitative estimate of drug-likeness (QED) is 0.534. The van der Waals surface area contributed by atoms with Gasteiger partial charge in [-0.2, -0.15) is 0 Å². The van der Waals surface area contributed by atoms with E-state index in [-0.39, 0.29) is 30.3 Å². The van der Waals surface area contributed by atoms with E-state index < -0.39 is 0 Å². The fraction of sp³-hybridized carbons (Fsp3) is 0.714. The van der Waals surface area contributed by atoms with E-state index in [9.17, 15) is 9.59 Å². The van der Waals surface area contributed by atoms with Crippen molar-refractivity contribution in [1.82, 2.24) is 0 Å². The third-order valence-corrected chi connectivity index (χ3v) is 1.43. The summed E-state index contributed by atoms with van der Waals surface area (Å²) in [7, 11) is 1.32. The highest BCUT2D eigenvalue weighted by atomic mass is 79.9. The highest BCUT2D eigenvalue weighted by Gasteiger charge is 2.04. The van der Waals surface area contributed by atoms with Gasteiger partial charge in [-0.15, -0.1) is 0 Å². The van der Waals surface area contributed by atoms with Crippen LogP contribution in [0.5, 0.6) is 0 Å². The molecule has 4 nitrogen and oxygen atoms in total. The lowest BCUT2D eigenvalue weighted by atomic mass is 10.2. The SMILES string of the molecule is COC(=O)CCCC(=O)OCBr. The first-order valence-corrected chi connectivity index (χ1v) is 4.61. The highest BCUT2D eigenvalue weighted by molar-refractivity contribution is 9.09. The summed E-state index contributed by atoms with van der Waals surface area (Å²) in [5, 5.41) is 0. The van der Waals surface area contributed by atoms with Crippen LogP contribution in [0.1, 0.15) is 19.3 Å². The van der Waals surface area contributed by atoms with E-state index in [1.165, 1.54) is 7.11 Å². The largest absolute Gasteiger partial charge is 0.469 e. The van der Waals surface area contributed by atoms with Crippen LogP contribution in [0.3, 0.4) is 0 Å². The van der Waals surface area contributed by atoms with Gasteiger partial charge in [0.05, 0.1) is 7.11 Å². The van der Waals surface area contributed by atoms with Gasteiger partial charge in [-0.1, -0.05) is 0 Å². The molecule has 0 spiro atoms. The molecule has 0 aliphatic rings. The van der Waals surface area contributed by atoms with Crippen molar-refractivity contribution < 1.29 is 19.1 Å². The van der Waals surface area contributed by atoms with E-state index in [4.69, 9.17) is 0 Å². The summed E-state index contributed by atoms with van der Waals surface area (Å²) < 4.78 is 8.97. The molecular weight excluding hydrogens is 228 g/mol. The lowest BCUT2D eigenvalue weighted by molar-refractivity contribution is -0.142. The number of alkyl halides is 1. The third-order valence-electron chi connectivity index (χ3n) is 1.21. The second-order valence-electron chi connectivity index (χ2n) is 2.06. The van der Waals surface area contributed by atoms with Crippen LogP contribution in [0.25, 0.3) is 0 Å². The number of carbonyl (C=O) groups is 2. The van der Waals surface area contributed by atoms with Crippen LogP contribution in [0.2, 0.25) is 0 Å². The molecule has 0 fully saturated rings. The second-order valence-corrected chi connectivity index (χ2v) is 2.51. The summed E-state index contributed by atoms with van der Waals surface area (Å²) in [5.41, 5.74) is 0.198. The van der Waals surface area contributed by atoms with Crippen molar-refractivity contribution in [2.75, 3.05) is 12.6 Å². The summed E-state index contributed by atoms with van der Waals surface area (Å²) in [6, 6.07) is 0. The lowest BCUT2D eigenvalue weighted by Gasteiger charge is -1.99. The summed E-state index contributed by atoms with van der Waals surface area (Å²) in [5.74, 6) is -0.613. The first kappa shape index (κ1) is 11.4. The molecule has 0 amide bonds. The predicted molar refractivity (Wildman–Crippen MR) is 45.8 cm³/mol. The number of ether oxygens (including phenoxy) is 2. The van der Waals surface area contributed by atoms with Gasteiger partial charge in [0.15, 0.2) is 0 Å². The van der Waals surface area contributed by atoms with E-state index in [1.54, 1.807) is 0 Å². The van der Waals surface area contributed by atoms with Gasteiger partial charge < -0.3 is 9.47 Å². The second kappa shape index (κ2) is 7.09. The van der Waals surface area contributed by atoms with Gasteiger partial charge in [0, 0.05) is 12.8 Å². The molecule has 0 radical (unpaired) electrons. The minimum absolute atomic E-state index is 0.198. The Morgan fingerprint density at radius 3 is 2.33 bits per heavy atom. The zero-order valence-electron chi connectivity index (χ0n) is 6.84. The molecule has 0 aromatic heterocycles. The summed E-state index contributed by atoms with van der Waals surface area (Å²) in [6.07, 6.45) is 0.979. The topological polar surface area (TPSA) is 52.6 Å². The molecule has 0 unspecified atom stereocenters. The van der Waals surface area contributed by atoms with Crippen LogP contribution in [0.4, 0.5) is 0 Å². The average molecular weight is 239 g/mol. The Balaban J connectivity index is 3.30. The molecule has 70 valence electrons. The van der Waals surface area contributed by atoms with E-state index >= 15 is 0 Å². The number of carbonyl (C=O) groups excluding carboxylic acids is 2.